The van der Waals surface area contributed by atoms with Gasteiger partial charge in [-0.05, 0) is 24.6 Å². The number of carbonyl (C=O) groups is 1. The van der Waals surface area contributed by atoms with Gasteiger partial charge < -0.3 is 5.73 Å². The zero-order chi connectivity index (χ0) is 13.1. The Labute approximate surface area is 103 Å². The van der Waals surface area contributed by atoms with Crippen molar-refractivity contribution < 1.29 is 4.79 Å². The molecule has 18 heavy (non-hydrogen) atoms. The maximum atomic E-state index is 11.1. The molecule has 1 heterocycles. The monoisotopic (exact) mass is 241 g/mol. The van der Waals surface area contributed by atoms with Crippen LogP contribution in [0.1, 0.15) is 6.92 Å². The number of primary amides is 1. The highest BCUT2D eigenvalue weighted by molar-refractivity contribution is 5.96. The van der Waals surface area contributed by atoms with E-state index in [-0.39, 0.29) is 5.57 Å². The van der Waals surface area contributed by atoms with Gasteiger partial charge in [0.2, 0.25) is 0 Å². The van der Waals surface area contributed by atoms with E-state index in [1.54, 1.807) is 17.7 Å². The Bertz CT molecular complexity index is 677. The lowest BCUT2D eigenvalue weighted by Gasteiger charge is -2.04. The number of aromatic nitrogens is 3. The van der Waals surface area contributed by atoms with E-state index in [0.717, 1.165) is 11.0 Å². The summed E-state index contributed by atoms with van der Waals surface area (Å²) in [7, 11) is 0. The van der Waals surface area contributed by atoms with Gasteiger partial charge >= 0.3 is 0 Å². The molecule has 0 saturated heterocycles. The molecule has 2 aromatic rings. The van der Waals surface area contributed by atoms with Gasteiger partial charge in [0.25, 0.3) is 5.91 Å². The second-order valence-corrected chi connectivity index (χ2v) is 3.87. The highest BCUT2D eigenvalue weighted by Gasteiger charge is 2.11. The summed E-state index contributed by atoms with van der Waals surface area (Å²) in [6.07, 6.45) is 0. The second-order valence-electron chi connectivity index (χ2n) is 3.87. The summed E-state index contributed by atoms with van der Waals surface area (Å²) < 4.78 is 1.63. The van der Waals surface area contributed by atoms with Crippen molar-refractivity contribution in [2.24, 2.45) is 5.73 Å². The number of allylic oxidation sites excluding steroid dienone is 1. The molecule has 0 atom stereocenters. The van der Waals surface area contributed by atoms with E-state index >= 15 is 0 Å². The van der Waals surface area contributed by atoms with Crippen LogP contribution in [0.3, 0.4) is 0 Å². The number of fused-ring (bicyclic) bond motifs is 1. The Morgan fingerprint density at radius 3 is 2.89 bits per heavy atom. The minimum absolute atomic E-state index is 0.0328. The van der Waals surface area contributed by atoms with Crippen LogP contribution in [0, 0.1) is 11.3 Å². The third-order valence-corrected chi connectivity index (χ3v) is 2.59. The van der Waals surface area contributed by atoms with Crippen LogP contribution in [0.2, 0.25) is 0 Å². The first-order valence-electron chi connectivity index (χ1n) is 5.31. The largest absolute Gasteiger partial charge is 0.365 e. The third kappa shape index (κ3) is 2.06. The molecule has 0 aliphatic heterocycles. The molecule has 6 heteroatoms. The van der Waals surface area contributed by atoms with Crippen molar-refractivity contribution in [3.8, 4) is 6.07 Å². The van der Waals surface area contributed by atoms with Gasteiger partial charge in [0.05, 0.1) is 12.1 Å². The number of rotatable bonds is 3. The van der Waals surface area contributed by atoms with Gasteiger partial charge in [0, 0.05) is 0 Å². The SMILES string of the molecule is C/C(Cn1nnc2ccccc21)=C(/C#N)C(N)=O. The van der Waals surface area contributed by atoms with Gasteiger partial charge in [0.15, 0.2) is 0 Å². The van der Waals surface area contributed by atoms with E-state index in [1.807, 2.05) is 24.3 Å². The van der Waals surface area contributed by atoms with Gasteiger partial charge in [-0.2, -0.15) is 5.26 Å². The van der Waals surface area contributed by atoms with Crippen LogP contribution < -0.4 is 5.73 Å². The van der Waals surface area contributed by atoms with Crippen LogP contribution in [-0.2, 0) is 11.3 Å². The lowest BCUT2D eigenvalue weighted by molar-refractivity contribution is -0.114. The number of nitrogens with two attached hydrogens (primary N) is 1. The minimum Gasteiger partial charge on any atom is -0.365 e. The molecular weight excluding hydrogens is 230 g/mol. The molecule has 0 bridgehead atoms. The molecule has 2 N–H and O–H groups in total. The van der Waals surface area contributed by atoms with Crippen LogP contribution in [0.15, 0.2) is 35.4 Å². The Kier molecular flexibility index (Phi) is 3.06. The van der Waals surface area contributed by atoms with Gasteiger partial charge in [-0.15, -0.1) is 5.10 Å². The van der Waals surface area contributed by atoms with Crippen LogP contribution in [0.4, 0.5) is 0 Å². The van der Waals surface area contributed by atoms with Crippen molar-refractivity contribution >= 4 is 16.9 Å². The molecule has 0 aliphatic rings. The summed E-state index contributed by atoms with van der Waals surface area (Å²) >= 11 is 0. The van der Waals surface area contributed by atoms with E-state index in [4.69, 9.17) is 11.0 Å². The quantitative estimate of drug-likeness (QED) is 0.633. The molecule has 2 rings (SSSR count). The Balaban J connectivity index is 2.41. The average Bonchev–Trinajstić information content (AvgIpc) is 2.73. The average molecular weight is 241 g/mol. The molecule has 0 fully saturated rings. The minimum atomic E-state index is -0.723. The molecule has 90 valence electrons. The fourth-order valence-electron chi connectivity index (χ4n) is 1.70. The first kappa shape index (κ1) is 11.8. The molecule has 0 saturated carbocycles. The van der Waals surface area contributed by atoms with E-state index in [1.165, 1.54) is 0 Å². The summed E-state index contributed by atoms with van der Waals surface area (Å²) in [5, 5.41) is 16.8. The smallest absolute Gasteiger partial charge is 0.259 e. The Hall–Kier alpha value is -2.68. The molecule has 1 amide bonds. The summed E-state index contributed by atoms with van der Waals surface area (Å²) in [5.41, 5.74) is 7.27. The van der Waals surface area contributed by atoms with Crippen LogP contribution in [0.5, 0.6) is 0 Å². The number of para-hydroxylation sites is 1. The first-order valence-corrected chi connectivity index (χ1v) is 5.31. The number of nitrogens with zero attached hydrogens (tertiary/aromatic N) is 4. The summed E-state index contributed by atoms with van der Waals surface area (Å²) in [5.74, 6) is -0.723. The predicted octanol–water partition coefficient (Wildman–Crippen LogP) is 0.757. The number of carbonyl (C=O) groups excluding carboxylic acids is 1. The number of benzene rings is 1. The van der Waals surface area contributed by atoms with Gasteiger partial charge in [0.1, 0.15) is 17.2 Å². The lowest BCUT2D eigenvalue weighted by atomic mass is 10.1. The number of nitriles is 1. The van der Waals surface area contributed by atoms with Crippen molar-refractivity contribution in [1.82, 2.24) is 15.0 Å². The predicted molar refractivity (Wildman–Crippen MR) is 65.0 cm³/mol. The van der Waals surface area contributed by atoms with Crippen molar-refractivity contribution in [1.29, 1.82) is 5.26 Å². The van der Waals surface area contributed by atoms with E-state index in [2.05, 4.69) is 10.3 Å². The maximum Gasteiger partial charge on any atom is 0.259 e. The summed E-state index contributed by atoms with van der Waals surface area (Å²) in [6.45, 7) is 1.99. The van der Waals surface area contributed by atoms with Crippen molar-refractivity contribution in [3.05, 3.63) is 35.4 Å². The normalized spacial score (nSPS) is 12.0. The summed E-state index contributed by atoms with van der Waals surface area (Å²) in [4.78, 5) is 11.1. The van der Waals surface area contributed by atoms with E-state index in [9.17, 15) is 4.79 Å². The lowest BCUT2D eigenvalue weighted by Crippen LogP contribution is -2.16. The van der Waals surface area contributed by atoms with Crippen molar-refractivity contribution in [2.45, 2.75) is 13.5 Å². The topological polar surface area (TPSA) is 97.6 Å². The molecule has 6 nitrogen and oxygen atoms in total. The first-order chi connectivity index (χ1) is 8.63. The Morgan fingerprint density at radius 1 is 1.50 bits per heavy atom. The molecule has 0 radical (unpaired) electrons. The van der Waals surface area contributed by atoms with Gasteiger partial charge in [-0.1, -0.05) is 17.3 Å². The highest BCUT2D eigenvalue weighted by Crippen LogP contribution is 2.13. The zero-order valence-corrected chi connectivity index (χ0v) is 9.79. The molecule has 0 unspecified atom stereocenters. The Morgan fingerprint density at radius 2 is 2.22 bits per heavy atom. The zero-order valence-electron chi connectivity index (χ0n) is 9.79. The fourth-order valence-corrected chi connectivity index (χ4v) is 1.70. The molecule has 1 aromatic heterocycles. The third-order valence-electron chi connectivity index (χ3n) is 2.59. The summed E-state index contributed by atoms with van der Waals surface area (Å²) in [6, 6.07) is 9.27. The maximum absolute atomic E-state index is 11.1. The second kappa shape index (κ2) is 4.67. The number of amides is 1. The van der Waals surface area contributed by atoms with Crippen LogP contribution in [0.25, 0.3) is 11.0 Å². The van der Waals surface area contributed by atoms with Gasteiger partial charge in [-0.3, -0.25) is 4.79 Å². The molecular formula is C12H11N5O. The van der Waals surface area contributed by atoms with Crippen molar-refractivity contribution in [3.63, 3.8) is 0 Å². The van der Waals surface area contributed by atoms with E-state index in [0.29, 0.717) is 12.1 Å². The van der Waals surface area contributed by atoms with Gasteiger partial charge in [-0.25, -0.2) is 4.68 Å². The fraction of sp³-hybridized carbons (Fsp3) is 0.167. The van der Waals surface area contributed by atoms with Crippen LogP contribution in [-0.4, -0.2) is 20.9 Å². The number of hydrogen-bond acceptors (Lipinski definition) is 4. The standard InChI is InChI=1S/C12H11N5O/c1-8(9(6-13)12(14)18)7-17-11-5-3-2-4-10(11)15-16-17/h2-5H,7H2,1H3,(H2,14,18)/b9-8+. The number of hydrogen-bond donors (Lipinski definition) is 1. The van der Waals surface area contributed by atoms with E-state index < -0.39 is 5.91 Å². The molecule has 0 aliphatic carbocycles. The van der Waals surface area contributed by atoms with Crippen LogP contribution >= 0.6 is 0 Å². The molecule has 1 aromatic carbocycles. The molecule has 0 spiro atoms. The highest BCUT2D eigenvalue weighted by atomic mass is 16.1. The van der Waals surface area contributed by atoms with Crippen molar-refractivity contribution in [2.75, 3.05) is 0 Å².